The molecule has 0 bridgehead atoms. The fourth-order valence-corrected chi connectivity index (χ4v) is 1.50. The summed E-state index contributed by atoms with van der Waals surface area (Å²) in [4.78, 5) is 11.0. The molecule has 1 rings (SSSR count). The van der Waals surface area contributed by atoms with E-state index in [1.54, 1.807) is 0 Å². The highest BCUT2D eigenvalue weighted by molar-refractivity contribution is 5.75. The molecule has 3 heteroatoms. The van der Waals surface area contributed by atoms with Gasteiger partial charge in [0.2, 0.25) is 0 Å². The van der Waals surface area contributed by atoms with Gasteiger partial charge in [-0.2, -0.15) is 0 Å². The summed E-state index contributed by atoms with van der Waals surface area (Å²) in [6, 6.07) is 5.15. The van der Waals surface area contributed by atoms with Gasteiger partial charge in [-0.15, -0.1) is 0 Å². The number of hydrogen-bond donors (Lipinski definition) is 2. The van der Waals surface area contributed by atoms with Crippen LogP contribution < -0.4 is 5.32 Å². The first-order valence-corrected chi connectivity index (χ1v) is 5.09. The molecule has 0 saturated carbocycles. The zero-order valence-corrected chi connectivity index (χ0v) is 9.37. The first-order chi connectivity index (χ1) is 7.06. The van der Waals surface area contributed by atoms with Crippen LogP contribution in [0.1, 0.15) is 29.7 Å². The highest BCUT2D eigenvalue weighted by Crippen LogP contribution is 2.17. The Hall–Kier alpha value is -1.35. The molecule has 0 spiro atoms. The smallest absolute Gasteiger partial charge is 0.325 e. The van der Waals surface area contributed by atoms with Crippen molar-refractivity contribution in [3.05, 3.63) is 34.9 Å². The number of aryl methyl sites for hydroxylation is 2. The Morgan fingerprint density at radius 2 is 2.07 bits per heavy atom. The Morgan fingerprint density at radius 1 is 1.40 bits per heavy atom. The number of hydrogen-bond acceptors (Lipinski definition) is 2. The second-order valence-corrected chi connectivity index (χ2v) is 3.67. The summed E-state index contributed by atoms with van der Waals surface area (Å²) >= 11 is 0. The van der Waals surface area contributed by atoms with Crippen molar-refractivity contribution < 1.29 is 9.90 Å². The third-order valence-electron chi connectivity index (χ3n) is 2.52. The zero-order valence-electron chi connectivity index (χ0n) is 9.37. The minimum Gasteiger partial charge on any atom is -0.480 e. The molecule has 1 atom stereocenters. The Bertz CT molecular complexity index is 361. The number of nitrogens with one attached hydrogen (secondary N) is 1. The third-order valence-corrected chi connectivity index (χ3v) is 2.52. The average Bonchev–Trinajstić information content (AvgIpc) is 2.18. The molecule has 0 saturated heterocycles. The maximum Gasteiger partial charge on any atom is 0.325 e. The summed E-state index contributed by atoms with van der Waals surface area (Å²) < 4.78 is 0. The molecular formula is C12H17NO2. The molecule has 0 radical (unpaired) electrons. The van der Waals surface area contributed by atoms with Crippen molar-refractivity contribution in [2.45, 2.75) is 26.8 Å². The number of aliphatic carboxylic acids is 1. The second kappa shape index (κ2) is 4.94. The van der Waals surface area contributed by atoms with Gasteiger partial charge in [0.25, 0.3) is 0 Å². The van der Waals surface area contributed by atoms with Gasteiger partial charge in [0.15, 0.2) is 0 Å². The molecule has 0 aliphatic heterocycles. The molecule has 82 valence electrons. The van der Waals surface area contributed by atoms with Gasteiger partial charge >= 0.3 is 5.97 Å². The van der Waals surface area contributed by atoms with E-state index in [0.29, 0.717) is 6.54 Å². The number of carboxylic acids is 1. The van der Waals surface area contributed by atoms with Gasteiger partial charge in [0.1, 0.15) is 6.04 Å². The van der Waals surface area contributed by atoms with E-state index >= 15 is 0 Å². The van der Waals surface area contributed by atoms with Crippen molar-refractivity contribution in [3.8, 4) is 0 Å². The lowest BCUT2D eigenvalue weighted by Gasteiger charge is -2.14. The van der Waals surface area contributed by atoms with E-state index in [1.807, 2.05) is 39.0 Å². The van der Waals surface area contributed by atoms with Crippen molar-refractivity contribution in [2.75, 3.05) is 6.54 Å². The molecule has 0 aliphatic carbocycles. The van der Waals surface area contributed by atoms with E-state index in [4.69, 9.17) is 5.11 Å². The van der Waals surface area contributed by atoms with E-state index in [0.717, 1.165) is 11.1 Å². The average molecular weight is 207 g/mol. The normalized spacial score (nSPS) is 12.5. The standard InChI is InChI=1S/C12H17NO2/c1-4-13-11(12(14)15)10-6-5-8(2)9(3)7-10/h5-7,11,13H,4H2,1-3H3,(H,14,15). The van der Waals surface area contributed by atoms with Crippen LogP contribution in [0.5, 0.6) is 0 Å². The summed E-state index contributed by atoms with van der Waals surface area (Å²) in [6.07, 6.45) is 0. The SMILES string of the molecule is CCNC(C(=O)O)c1ccc(C)c(C)c1. The van der Waals surface area contributed by atoms with E-state index < -0.39 is 12.0 Å². The highest BCUT2D eigenvalue weighted by atomic mass is 16.4. The fourth-order valence-electron chi connectivity index (χ4n) is 1.50. The van der Waals surface area contributed by atoms with Crippen molar-refractivity contribution >= 4 is 5.97 Å². The van der Waals surface area contributed by atoms with E-state index in [2.05, 4.69) is 5.32 Å². The van der Waals surface area contributed by atoms with Gasteiger partial charge in [-0.05, 0) is 37.1 Å². The first-order valence-electron chi connectivity index (χ1n) is 5.09. The van der Waals surface area contributed by atoms with Crippen LogP contribution >= 0.6 is 0 Å². The molecule has 0 heterocycles. The Labute approximate surface area is 90.1 Å². The van der Waals surface area contributed by atoms with Crippen LogP contribution in [-0.4, -0.2) is 17.6 Å². The van der Waals surface area contributed by atoms with Crippen LogP contribution in [0.15, 0.2) is 18.2 Å². The van der Waals surface area contributed by atoms with Gasteiger partial charge in [0.05, 0.1) is 0 Å². The van der Waals surface area contributed by atoms with Crippen LogP contribution in [0.2, 0.25) is 0 Å². The number of carboxylic acid groups (broad SMARTS) is 1. The summed E-state index contributed by atoms with van der Waals surface area (Å²) in [6.45, 7) is 6.55. The van der Waals surface area contributed by atoms with E-state index in [-0.39, 0.29) is 0 Å². The van der Waals surface area contributed by atoms with Gasteiger partial charge in [-0.1, -0.05) is 25.1 Å². The highest BCUT2D eigenvalue weighted by Gasteiger charge is 2.18. The largest absolute Gasteiger partial charge is 0.480 e. The Morgan fingerprint density at radius 3 is 2.53 bits per heavy atom. The molecule has 1 aromatic carbocycles. The van der Waals surface area contributed by atoms with Crippen LogP contribution in [-0.2, 0) is 4.79 Å². The lowest BCUT2D eigenvalue weighted by molar-refractivity contribution is -0.139. The zero-order chi connectivity index (χ0) is 11.4. The van der Waals surface area contributed by atoms with E-state index in [1.165, 1.54) is 5.56 Å². The summed E-state index contributed by atoms with van der Waals surface area (Å²) in [5.41, 5.74) is 3.11. The quantitative estimate of drug-likeness (QED) is 0.794. The number of benzene rings is 1. The maximum absolute atomic E-state index is 11.0. The van der Waals surface area contributed by atoms with Crippen LogP contribution in [0.25, 0.3) is 0 Å². The summed E-state index contributed by atoms with van der Waals surface area (Å²) in [7, 11) is 0. The molecule has 1 aromatic rings. The molecule has 0 aliphatic rings. The maximum atomic E-state index is 11.0. The first kappa shape index (κ1) is 11.7. The molecule has 15 heavy (non-hydrogen) atoms. The fraction of sp³-hybridized carbons (Fsp3) is 0.417. The topological polar surface area (TPSA) is 49.3 Å². The lowest BCUT2D eigenvalue weighted by Crippen LogP contribution is -2.28. The van der Waals surface area contributed by atoms with Crippen LogP contribution in [0, 0.1) is 13.8 Å². The van der Waals surface area contributed by atoms with Gasteiger partial charge in [-0.25, -0.2) is 0 Å². The molecule has 0 aromatic heterocycles. The molecule has 2 N–H and O–H groups in total. The number of rotatable bonds is 4. The second-order valence-electron chi connectivity index (χ2n) is 3.67. The summed E-state index contributed by atoms with van der Waals surface area (Å²) in [5, 5.41) is 12.0. The molecule has 1 unspecified atom stereocenters. The minimum absolute atomic E-state index is 0.603. The van der Waals surface area contributed by atoms with Crippen molar-refractivity contribution in [1.29, 1.82) is 0 Å². The van der Waals surface area contributed by atoms with Gasteiger partial charge in [0, 0.05) is 0 Å². The predicted octanol–water partition coefficient (Wildman–Crippen LogP) is 2.04. The summed E-state index contributed by atoms with van der Waals surface area (Å²) in [5.74, 6) is -0.833. The molecular weight excluding hydrogens is 190 g/mol. The number of likely N-dealkylation sites (N-methyl/N-ethyl adjacent to an activating group) is 1. The van der Waals surface area contributed by atoms with Gasteiger partial charge < -0.3 is 10.4 Å². The van der Waals surface area contributed by atoms with E-state index in [9.17, 15) is 4.79 Å². The molecule has 3 nitrogen and oxygen atoms in total. The number of carbonyl (C=O) groups is 1. The van der Waals surface area contributed by atoms with Crippen LogP contribution in [0.4, 0.5) is 0 Å². The predicted molar refractivity (Wildman–Crippen MR) is 60.0 cm³/mol. The minimum atomic E-state index is -0.833. The molecule has 0 amide bonds. The van der Waals surface area contributed by atoms with Gasteiger partial charge in [-0.3, -0.25) is 4.79 Å². The van der Waals surface area contributed by atoms with Crippen molar-refractivity contribution in [2.24, 2.45) is 0 Å². The lowest BCUT2D eigenvalue weighted by atomic mass is 10.0. The van der Waals surface area contributed by atoms with Crippen molar-refractivity contribution in [1.82, 2.24) is 5.32 Å². The monoisotopic (exact) mass is 207 g/mol. The molecule has 0 fully saturated rings. The Balaban J connectivity index is 3.01. The van der Waals surface area contributed by atoms with Crippen LogP contribution in [0.3, 0.4) is 0 Å². The van der Waals surface area contributed by atoms with Crippen molar-refractivity contribution in [3.63, 3.8) is 0 Å². The third kappa shape index (κ3) is 2.80. The Kier molecular flexibility index (Phi) is 3.86.